The number of ether oxygens (including phenoxy) is 1. The van der Waals surface area contributed by atoms with Gasteiger partial charge >= 0.3 is 0 Å². The van der Waals surface area contributed by atoms with Gasteiger partial charge in [-0.3, -0.25) is 4.79 Å². The lowest BCUT2D eigenvalue weighted by atomic mass is 9.94. The van der Waals surface area contributed by atoms with Crippen LogP contribution in [0.1, 0.15) is 42.2 Å². The van der Waals surface area contributed by atoms with Gasteiger partial charge in [-0.2, -0.15) is 0 Å². The summed E-state index contributed by atoms with van der Waals surface area (Å²) in [4.78, 5) is 12.0. The summed E-state index contributed by atoms with van der Waals surface area (Å²) in [6.07, 6.45) is 3.10. The maximum atomic E-state index is 12.0. The zero-order valence-electron chi connectivity index (χ0n) is 11.5. The Kier molecular flexibility index (Phi) is 3.09. The van der Waals surface area contributed by atoms with Crippen LogP contribution < -0.4 is 16.0 Å². The molecule has 4 rings (SSSR count). The predicted octanol–water partition coefficient (Wildman–Crippen LogP) is 3.82. The van der Waals surface area contributed by atoms with E-state index < -0.39 is 0 Å². The highest BCUT2D eigenvalue weighted by Gasteiger charge is 2.42. The van der Waals surface area contributed by atoms with Crippen LogP contribution in [0.2, 0.25) is 10.0 Å². The van der Waals surface area contributed by atoms with Crippen molar-refractivity contribution in [2.24, 2.45) is 0 Å². The number of nitrogens with two attached hydrogens (primary N) is 1. The van der Waals surface area contributed by atoms with E-state index in [0.717, 1.165) is 30.4 Å². The van der Waals surface area contributed by atoms with E-state index in [1.54, 1.807) is 12.1 Å². The van der Waals surface area contributed by atoms with E-state index in [0.29, 0.717) is 39.2 Å². The van der Waals surface area contributed by atoms with Gasteiger partial charge in [0.1, 0.15) is 0 Å². The van der Waals surface area contributed by atoms with Gasteiger partial charge in [0.2, 0.25) is 5.88 Å². The third-order valence-electron chi connectivity index (χ3n) is 4.49. The van der Waals surface area contributed by atoms with Gasteiger partial charge in [0.25, 0.3) is 5.56 Å². The minimum atomic E-state index is -0.121. The summed E-state index contributed by atoms with van der Waals surface area (Å²) in [5.41, 5.74) is 7.75. The van der Waals surface area contributed by atoms with Gasteiger partial charge in [-0.1, -0.05) is 23.2 Å². The highest BCUT2D eigenvalue weighted by atomic mass is 35.5. The fourth-order valence-corrected chi connectivity index (χ4v) is 4.20. The second kappa shape index (κ2) is 4.89. The second-order valence-electron chi connectivity index (χ2n) is 5.81. The van der Waals surface area contributed by atoms with Crippen LogP contribution >= 0.6 is 23.2 Å². The smallest absolute Gasteiger partial charge is 0.268 e. The van der Waals surface area contributed by atoms with Gasteiger partial charge in [-0.15, -0.1) is 5.10 Å². The lowest BCUT2D eigenvalue weighted by Gasteiger charge is -2.17. The van der Waals surface area contributed by atoms with Gasteiger partial charge in [-0.25, -0.2) is 5.10 Å². The Bertz CT molecular complexity index is 811. The number of rotatable bonds is 2. The molecule has 0 saturated heterocycles. The van der Waals surface area contributed by atoms with Crippen molar-refractivity contribution in [1.29, 1.82) is 0 Å². The summed E-state index contributed by atoms with van der Waals surface area (Å²) < 4.78 is 5.84. The molecule has 0 aliphatic heterocycles. The van der Waals surface area contributed by atoms with E-state index in [2.05, 4.69) is 10.2 Å². The van der Waals surface area contributed by atoms with Gasteiger partial charge in [0.15, 0.2) is 5.75 Å². The summed E-state index contributed by atoms with van der Waals surface area (Å²) >= 11 is 12.3. The number of benzene rings is 1. The third kappa shape index (κ3) is 2.00. The van der Waals surface area contributed by atoms with Crippen LogP contribution in [-0.2, 0) is 0 Å². The number of nitrogens with one attached hydrogen (secondary N) is 1. The van der Waals surface area contributed by atoms with E-state index in [4.69, 9.17) is 33.7 Å². The number of nitrogens with zero attached hydrogens (tertiary/aromatic N) is 1. The monoisotopic (exact) mass is 337 g/mol. The molecule has 2 aliphatic rings. The Morgan fingerprint density at radius 1 is 1.18 bits per heavy atom. The SMILES string of the molecule is Nc1cc(Cl)c(Oc2n[nH]c(=O)c3c2C2CCC3C2)c(Cl)c1. The lowest BCUT2D eigenvalue weighted by molar-refractivity contribution is 0.441. The third-order valence-corrected chi connectivity index (χ3v) is 5.05. The van der Waals surface area contributed by atoms with E-state index >= 15 is 0 Å². The van der Waals surface area contributed by atoms with Crippen LogP contribution in [-0.4, -0.2) is 10.2 Å². The molecule has 0 amide bonds. The summed E-state index contributed by atoms with van der Waals surface area (Å²) in [5, 5.41) is 7.20. The summed E-state index contributed by atoms with van der Waals surface area (Å²) in [6.45, 7) is 0. The molecule has 0 radical (unpaired) electrons. The molecule has 2 unspecified atom stereocenters. The Labute approximate surface area is 136 Å². The van der Waals surface area contributed by atoms with Gasteiger partial charge in [0, 0.05) is 16.8 Å². The fourth-order valence-electron chi connectivity index (χ4n) is 3.62. The first-order valence-corrected chi connectivity index (χ1v) is 7.85. The average molecular weight is 338 g/mol. The van der Waals surface area contributed by atoms with Gasteiger partial charge < -0.3 is 10.5 Å². The number of hydrogen-bond donors (Lipinski definition) is 2. The number of aromatic amines is 1. The van der Waals surface area contributed by atoms with Crippen molar-refractivity contribution < 1.29 is 4.74 Å². The molecule has 1 aromatic carbocycles. The molecule has 1 fully saturated rings. The Balaban J connectivity index is 1.82. The molecule has 2 atom stereocenters. The molecule has 0 spiro atoms. The van der Waals surface area contributed by atoms with Crippen molar-refractivity contribution >= 4 is 28.9 Å². The number of fused-ring (bicyclic) bond motifs is 5. The Morgan fingerprint density at radius 2 is 1.82 bits per heavy atom. The van der Waals surface area contributed by atoms with Crippen molar-refractivity contribution in [3.63, 3.8) is 0 Å². The number of anilines is 1. The molecule has 2 bridgehead atoms. The van der Waals surface area contributed by atoms with Crippen LogP contribution in [0.15, 0.2) is 16.9 Å². The number of nitrogen functional groups attached to an aromatic ring is 1. The molecule has 3 N–H and O–H groups in total. The van der Waals surface area contributed by atoms with Gasteiger partial charge in [0.05, 0.1) is 10.0 Å². The maximum Gasteiger partial charge on any atom is 0.268 e. The first-order valence-electron chi connectivity index (χ1n) is 7.09. The predicted molar refractivity (Wildman–Crippen MR) is 85.1 cm³/mol. The van der Waals surface area contributed by atoms with E-state index in [9.17, 15) is 4.79 Å². The molecular formula is C15H13Cl2N3O2. The summed E-state index contributed by atoms with van der Waals surface area (Å²) in [5.74, 6) is 1.33. The largest absolute Gasteiger partial charge is 0.434 e. The standard InChI is InChI=1S/C15H13Cl2N3O2/c16-9-4-8(18)5-10(17)13(9)22-15-12-7-2-1-6(3-7)11(12)14(21)19-20-15/h4-7H,1-3,18H2,(H,19,21). The molecule has 114 valence electrons. The number of H-pyrrole nitrogens is 1. The van der Waals surface area contributed by atoms with Crippen LogP contribution in [0.3, 0.4) is 0 Å². The Morgan fingerprint density at radius 3 is 2.50 bits per heavy atom. The molecule has 1 saturated carbocycles. The number of halogens is 2. The normalized spacial score (nSPS) is 21.9. The fraction of sp³-hybridized carbons (Fsp3) is 0.333. The molecule has 2 aromatic rings. The molecule has 2 aliphatic carbocycles. The van der Waals surface area contributed by atoms with Crippen molar-refractivity contribution in [1.82, 2.24) is 10.2 Å². The van der Waals surface area contributed by atoms with Crippen molar-refractivity contribution in [2.75, 3.05) is 5.73 Å². The van der Waals surface area contributed by atoms with E-state index in [1.807, 2.05) is 0 Å². The second-order valence-corrected chi connectivity index (χ2v) is 6.62. The molecule has 7 heteroatoms. The van der Waals surface area contributed by atoms with Gasteiger partial charge in [-0.05, 0) is 43.2 Å². The van der Waals surface area contributed by atoms with Crippen LogP contribution in [0.5, 0.6) is 11.6 Å². The highest BCUT2D eigenvalue weighted by Crippen LogP contribution is 2.54. The van der Waals surface area contributed by atoms with E-state index in [1.165, 1.54) is 0 Å². The lowest BCUT2D eigenvalue weighted by Crippen LogP contribution is -2.19. The Hall–Kier alpha value is -1.72. The zero-order chi connectivity index (χ0) is 15.4. The highest BCUT2D eigenvalue weighted by molar-refractivity contribution is 6.37. The first-order chi connectivity index (χ1) is 10.5. The van der Waals surface area contributed by atoms with Crippen molar-refractivity contribution in [3.8, 4) is 11.6 Å². The molecular weight excluding hydrogens is 325 g/mol. The molecule has 22 heavy (non-hydrogen) atoms. The molecule has 1 heterocycles. The minimum absolute atomic E-state index is 0.121. The number of hydrogen-bond acceptors (Lipinski definition) is 4. The molecule has 5 nitrogen and oxygen atoms in total. The maximum absolute atomic E-state index is 12.0. The van der Waals surface area contributed by atoms with Crippen LogP contribution in [0.4, 0.5) is 5.69 Å². The van der Waals surface area contributed by atoms with Crippen molar-refractivity contribution in [3.05, 3.63) is 43.7 Å². The summed E-state index contributed by atoms with van der Waals surface area (Å²) in [7, 11) is 0. The van der Waals surface area contributed by atoms with E-state index in [-0.39, 0.29) is 5.56 Å². The minimum Gasteiger partial charge on any atom is -0.434 e. The summed E-state index contributed by atoms with van der Waals surface area (Å²) in [6, 6.07) is 3.14. The topological polar surface area (TPSA) is 81.0 Å². The molecule has 1 aromatic heterocycles. The van der Waals surface area contributed by atoms with Crippen LogP contribution in [0.25, 0.3) is 0 Å². The quantitative estimate of drug-likeness (QED) is 0.816. The van der Waals surface area contributed by atoms with Crippen LogP contribution in [0, 0.1) is 0 Å². The first kappa shape index (κ1) is 13.9. The zero-order valence-corrected chi connectivity index (χ0v) is 13.0. The van der Waals surface area contributed by atoms with Crippen molar-refractivity contribution in [2.45, 2.75) is 31.1 Å². The average Bonchev–Trinajstić information content (AvgIpc) is 3.06. The number of aromatic nitrogens is 2.